The molecule has 2 aromatic heterocycles. The fourth-order valence-electron chi connectivity index (χ4n) is 1.76. The highest BCUT2D eigenvalue weighted by Gasteiger charge is 2.10. The van der Waals surface area contributed by atoms with Crippen LogP contribution in [0.25, 0.3) is 0 Å². The summed E-state index contributed by atoms with van der Waals surface area (Å²) in [6, 6.07) is 3.56. The van der Waals surface area contributed by atoms with Crippen molar-refractivity contribution in [3.05, 3.63) is 40.1 Å². The highest BCUT2D eigenvalue weighted by Crippen LogP contribution is 2.26. The number of carbonyl (C=O) groups is 1. The van der Waals surface area contributed by atoms with E-state index in [4.69, 9.17) is 11.6 Å². The lowest BCUT2D eigenvalue weighted by atomic mass is 10.3. The standard InChI is InChI=1S/C13H17ClN4OS/c1-10(11-3-4-12(14)20-11)17-13(19)16-5-2-7-18-8-6-15-9-18/h3-4,6,8-10H,2,5,7H2,1H3,(H2,16,17,19)/t10-/m0/s1. The van der Waals surface area contributed by atoms with Gasteiger partial charge < -0.3 is 15.2 Å². The van der Waals surface area contributed by atoms with Crippen molar-refractivity contribution in [3.63, 3.8) is 0 Å². The summed E-state index contributed by atoms with van der Waals surface area (Å²) >= 11 is 7.35. The molecule has 7 heteroatoms. The monoisotopic (exact) mass is 312 g/mol. The topological polar surface area (TPSA) is 59.0 Å². The molecule has 2 rings (SSSR count). The second-order valence-electron chi connectivity index (χ2n) is 4.42. The molecule has 0 aliphatic carbocycles. The molecule has 0 aromatic carbocycles. The smallest absolute Gasteiger partial charge is 0.315 e. The van der Waals surface area contributed by atoms with Gasteiger partial charge in [0.1, 0.15) is 0 Å². The van der Waals surface area contributed by atoms with E-state index in [1.807, 2.05) is 29.8 Å². The van der Waals surface area contributed by atoms with Crippen molar-refractivity contribution >= 4 is 29.0 Å². The Bertz CT molecular complexity index is 540. The summed E-state index contributed by atoms with van der Waals surface area (Å²) in [5.74, 6) is 0. The van der Waals surface area contributed by atoms with Crippen molar-refractivity contribution < 1.29 is 4.79 Å². The highest BCUT2D eigenvalue weighted by molar-refractivity contribution is 7.16. The van der Waals surface area contributed by atoms with Crippen LogP contribution in [0.15, 0.2) is 30.9 Å². The zero-order valence-corrected chi connectivity index (χ0v) is 12.7. The number of urea groups is 1. The Kier molecular flexibility index (Phi) is 5.43. The first-order valence-corrected chi connectivity index (χ1v) is 7.60. The van der Waals surface area contributed by atoms with E-state index < -0.39 is 0 Å². The minimum atomic E-state index is -0.160. The van der Waals surface area contributed by atoms with E-state index in [1.54, 1.807) is 12.5 Å². The fourth-order valence-corrected chi connectivity index (χ4v) is 2.83. The van der Waals surface area contributed by atoms with Gasteiger partial charge in [0.25, 0.3) is 0 Å². The molecule has 5 nitrogen and oxygen atoms in total. The van der Waals surface area contributed by atoms with Crippen LogP contribution in [0.5, 0.6) is 0 Å². The van der Waals surface area contributed by atoms with Crippen LogP contribution in [-0.2, 0) is 6.54 Å². The highest BCUT2D eigenvalue weighted by atomic mass is 35.5. The van der Waals surface area contributed by atoms with Crippen molar-refractivity contribution in [2.45, 2.75) is 25.9 Å². The van der Waals surface area contributed by atoms with E-state index in [1.165, 1.54) is 11.3 Å². The van der Waals surface area contributed by atoms with Gasteiger partial charge in [0.05, 0.1) is 16.7 Å². The number of aryl methyl sites for hydroxylation is 1. The molecule has 0 bridgehead atoms. The van der Waals surface area contributed by atoms with Gasteiger partial charge in [-0.25, -0.2) is 9.78 Å². The molecule has 2 amide bonds. The number of amides is 2. The first-order valence-electron chi connectivity index (χ1n) is 6.40. The number of hydrogen-bond acceptors (Lipinski definition) is 3. The fraction of sp³-hybridized carbons (Fsp3) is 0.385. The maximum atomic E-state index is 11.7. The Hall–Kier alpha value is -1.53. The molecule has 2 aromatic rings. The molecule has 1 atom stereocenters. The summed E-state index contributed by atoms with van der Waals surface area (Å²) in [5.41, 5.74) is 0. The van der Waals surface area contributed by atoms with Gasteiger partial charge in [-0.1, -0.05) is 11.6 Å². The van der Waals surface area contributed by atoms with Crippen LogP contribution in [0.4, 0.5) is 4.79 Å². The van der Waals surface area contributed by atoms with E-state index in [2.05, 4.69) is 15.6 Å². The largest absolute Gasteiger partial charge is 0.338 e. The van der Waals surface area contributed by atoms with Crippen molar-refractivity contribution in [3.8, 4) is 0 Å². The second-order valence-corrected chi connectivity index (χ2v) is 6.16. The summed E-state index contributed by atoms with van der Waals surface area (Å²) in [7, 11) is 0. The van der Waals surface area contributed by atoms with Crippen LogP contribution in [0, 0.1) is 0 Å². The molecule has 0 aliphatic heterocycles. The predicted molar refractivity (Wildman–Crippen MR) is 81.1 cm³/mol. The van der Waals surface area contributed by atoms with Crippen LogP contribution in [0.1, 0.15) is 24.3 Å². The molecule has 0 fully saturated rings. The number of nitrogens with one attached hydrogen (secondary N) is 2. The maximum Gasteiger partial charge on any atom is 0.315 e. The summed E-state index contributed by atoms with van der Waals surface area (Å²) in [6.45, 7) is 3.41. The van der Waals surface area contributed by atoms with Crippen molar-refractivity contribution in [1.82, 2.24) is 20.2 Å². The van der Waals surface area contributed by atoms with E-state index >= 15 is 0 Å². The minimum absolute atomic E-state index is 0.0406. The van der Waals surface area contributed by atoms with E-state index in [0.717, 1.165) is 22.2 Å². The lowest BCUT2D eigenvalue weighted by Crippen LogP contribution is -2.37. The first-order chi connectivity index (χ1) is 9.65. The summed E-state index contributed by atoms with van der Waals surface area (Å²) < 4.78 is 2.71. The van der Waals surface area contributed by atoms with Crippen LogP contribution in [0.3, 0.4) is 0 Å². The molecule has 0 aliphatic rings. The van der Waals surface area contributed by atoms with Crippen molar-refractivity contribution in [2.24, 2.45) is 0 Å². The van der Waals surface area contributed by atoms with Gasteiger partial charge in [-0.3, -0.25) is 0 Å². The molecule has 108 valence electrons. The number of imidazole rings is 1. The van der Waals surface area contributed by atoms with Crippen LogP contribution >= 0.6 is 22.9 Å². The van der Waals surface area contributed by atoms with Gasteiger partial charge in [0.2, 0.25) is 0 Å². The van der Waals surface area contributed by atoms with Gasteiger partial charge in [0, 0.05) is 30.4 Å². The third-order valence-electron chi connectivity index (χ3n) is 2.81. The normalized spacial score (nSPS) is 12.1. The number of thiophene rings is 1. The van der Waals surface area contributed by atoms with Crippen molar-refractivity contribution in [1.29, 1.82) is 0 Å². The maximum absolute atomic E-state index is 11.7. The summed E-state index contributed by atoms with van der Waals surface area (Å²) in [5, 5.41) is 5.73. The van der Waals surface area contributed by atoms with Crippen LogP contribution < -0.4 is 10.6 Å². The van der Waals surface area contributed by atoms with E-state index in [-0.39, 0.29) is 12.1 Å². The van der Waals surface area contributed by atoms with Crippen LogP contribution in [0.2, 0.25) is 4.34 Å². The third kappa shape index (κ3) is 4.54. The number of nitrogens with zero attached hydrogens (tertiary/aromatic N) is 2. The van der Waals surface area contributed by atoms with Crippen molar-refractivity contribution in [2.75, 3.05) is 6.54 Å². The zero-order valence-electron chi connectivity index (χ0n) is 11.2. The molecule has 0 saturated heterocycles. The SMILES string of the molecule is C[C@H](NC(=O)NCCCn1ccnc1)c1ccc(Cl)s1. The molecule has 2 N–H and O–H groups in total. The van der Waals surface area contributed by atoms with Crippen LogP contribution in [-0.4, -0.2) is 22.1 Å². The average molecular weight is 313 g/mol. The van der Waals surface area contributed by atoms with Gasteiger partial charge >= 0.3 is 6.03 Å². The number of carbonyl (C=O) groups excluding carboxylic acids is 1. The molecule has 20 heavy (non-hydrogen) atoms. The molecular formula is C13H17ClN4OS. The Balaban J connectivity index is 1.65. The molecule has 0 radical (unpaired) electrons. The second kappa shape index (κ2) is 7.31. The minimum Gasteiger partial charge on any atom is -0.338 e. The molecule has 0 saturated carbocycles. The lowest BCUT2D eigenvalue weighted by Gasteiger charge is -2.13. The quantitative estimate of drug-likeness (QED) is 0.805. The Morgan fingerprint density at radius 1 is 1.55 bits per heavy atom. The first kappa shape index (κ1) is 14.9. The molecular weight excluding hydrogens is 296 g/mol. The Morgan fingerprint density at radius 3 is 3.05 bits per heavy atom. The molecule has 0 spiro atoms. The zero-order chi connectivity index (χ0) is 14.4. The Morgan fingerprint density at radius 2 is 2.40 bits per heavy atom. The summed E-state index contributed by atoms with van der Waals surface area (Å²) in [4.78, 5) is 16.7. The predicted octanol–water partition coefficient (Wildman–Crippen LogP) is 3.05. The van der Waals surface area contributed by atoms with Gasteiger partial charge in [-0.15, -0.1) is 11.3 Å². The van der Waals surface area contributed by atoms with Gasteiger partial charge in [-0.05, 0) is 25.5 Å². The number of halogens is 1. The Labute approximate surface area is 127 Å². The summed E-state index contributed by atoms with van der Waals surface area (Å²) in [6.07, 6.45) is 6.28. The van der Waals surface area contributed by atoms with Gasteiger partial charge in [0.15, 0.2) is 0 Å². The molecule has 0 unspecified atom stereocenters. The number of aromatic nitrogens is 2. The average Bonchev–Trinajstić information content (AvgIpc) is 3.06. The third-order valence-corrected chi connectivity index (χ3v) is 4.22. The lowest BCUT2D eigenvalue weighted by molar-refractivity contribution is 0.238. The number of rotatable bonds is 6. The van der Waals surface area contributed by atoms with E-state index in [0.29, 0.717) is 6.54 Å². The number of hydrogen-bond donors (Lipinski definition) is 2. The molecule has 2 heterocycles. The van der Waals surface area contributed by atoms with E-state index in [9.17, 15) is 4.79 Å². The van der Waals surface area contributed by atoms with Gasteiger partial charge in [-0.2, -0.15) is 0 Å².